The first kappa shape index (κ1) is 12.6. The van der Waals surface area contributed by atoms with Crippen LogP contribution >= 0.6 is 0 Å². The Morgan fingerprint density at radius 1 is 1.29 bits per heavy atom. The second-order valence-corrected chi connectivity index (χ2v) is 5.62. The summed E-state index contributed by atoms with van der Waals surface area (Å²) in [4.78, 5) is 0. The van der Waals surface area contributed by atoms with Crippen LogP contribution in [0.1, 0.15) is 12.2 Å². The normalized spacial score (nSPS) is 19.1. The molecule has 0 radical (unpaired) electrons. The number of rotatable bonds is 3. The van der Waals surface area contributed by atoms with E-state index in [-0.39, 0.29) is 17.5 Å². The van der Waals surface area contributed by atoms with Crippen LogP contribution in [0.4, 0.5) is 0 Å². The van der Waals surface area contributed by atoms with Crippen LogP contribution in [0.5, 0.6) is 0 Å². The fourth-order valence-corrected chi connectivity index (χ4v) is 3.06. The highest BCUT2D eigenvalue weighted by Gasteiger charge is 2.28. The highest BCUT2D eigenvalue weighted by atomic mass is 32.2. The van der Waals surface area contributed by atoms with Gasteiger partial charge in [0, 0.05) is 19.7 Å². The van der Waals surface area contributed by atoms with E-state index < -0.39 is 10.0 Å². The van der Waals surface area contributed by atoms with Crippen LogP contribution in [0.2, 0.25) is 0 Å². The first-order chi connectivity index (χ1) is 8.14. The van der Waals surface area contributed by atoms with Gasteiger partial charge in [-0.15, -0.1) is 0 Å². The van der Waals surface area contributed by atoms with Gasteiger partial charge in [0.25, 0.3) is 10.0 Å². The van der Waals surface area contributed by atoms with E-state index in [1.165, 1.54) is 16.4 Å². The fourth-order valence-electron chi connectivity index (χ4n) is 1.67. The lowest BCUT2D eigenvalue weighted by Crippen LogP contribution is -2.33. The second-order valence-electron chi connectivity index (χ2n) is 3.75. The van der Waals surface area contributed by atoms with Crippen LogP contribution < -0.4 is 0 Å². The Morgan fingerprint density at radius 2 is 2.12 bits per heavy atom. The highest BCUT2D eigenvalue weighted by Crippen LogP contribution is 2.19. The molecule has 96 valence electrons. The Hall–Kier alpha value is -0.890. The molecule has 0 amide bonds. The quantitative estimate of drug-likeness (QED) is 0.839. The molecular weight excluding hydrogens is 246 g/mol. The molecule has 1 aliphatic rings. The van der Waals surface area contributed by atoms with E-state index in [2.05, 4.69) is 0 Å². The monoisotopic (exact) mass is 261 g/mol. The van der Waals surface area contributed by atoms with Crippen LogP contribution in [0.3, 0.4) is 0 Å². The van der Waals surface area contributed by atoms with Gasteiger partial charge in [0.1, 0.15) is 12.4 Å². The molecule has 0 bridgehead atoms. The average Bonchev–Trinajstić information content (AvgIpc) is 2.64. The van der Waals surface area contributed by atoms with Crippen molar-refractivity contribution in [2.24, 2.45) is 0 Å². The third kappa shape index (κ3) is 2.68. The molecule has 0 aliphatic carbocycles. The van der Waals surface area contributed by atoms with Crippen molar-refractivity contribution in [3.05, 3.63) is 17.9 Å². The lowest BCUT2D eigenvalue weighted by Gasteiger charge is -2.17. The van der Waals surface area contributed by atoms with Crippen molar-refractivity contribution < 1.29 is 22.7 Å². The molecule has 0 unspecified atom stereocenters. The smallest absolute Gasteiger partial charge is 0.276 e. The van der Waals surface area contributed by atoms with Crippen LogP contribution in [0.25, 0.3) is 0 Å². The number of furan rings is 1. The zero-order valence-corrected chi connectivity index (χ0v) is 10.1. The Kier molecular flexibility index (Phi) is 3.82. The van der Waals surface area contributed by atoms with Crippen molar-refractivity contribution in [1.82, 2.24) is 4.31 Å². The lowest BCUT2D eigenvalue weighted by molar-refractivity contribution is 0.148. The number of sulfonamides is 1. The van der Waals surface area contributed by atoms with Gasteiger partial charge in [-0.1, -0.05) is 0 Å². The van der Waals surface area contributed by atoms with E-state index in [1.54, 1.807) is 0 Å². The van der Waals surface area contributed by atoms with E-state index in [4.69, 9.17) is 14.3 Å². The molecule has 2 heterocycles. The number of hydrogen-bond donors (Lipinski definition) is 1. The molecule has 0 spiro atoms. The van der Waals surface area contributed by atoms with Gasteiger partial charge in [-0.3, -0.25) is 0 Å². The van der Waals surface area contributed by atoms with Gasteiger partial charge >= 0.3 is 0 Å². The highest BCUT2D eigenvalue weighted by molar-refractivity contribution is 7.89. The average molecular weight is 261 g/mol. The van der Waals surface area contributed by atoms with Gasteiger partial charge in [-0.2, -0.15) is 4.31 Å². The number of ether oxygens (including phenoxy) is 1. The van der Waals surface area contributed by atoms with Crippen molar-refractivity contribution in [2.75, 3.05) is 26.3 Å². The van der Waals surface area contributed by atoms with E-state index in [1.807, 2.05) is 0 Å². The summed E-state index contributed by atoms with van der Waals surface area (Å²) in [5.41, 5.74) is 0. The molecule has 0 saturated carbocycles. The van der Waals surface area contributed by atoms with E-state index in [0.717, 1.165) is 0 Å². The first-order valence-electron chi connectivity index (χ1n) is 5.42. The standard InChI is InChI=1S/C10H15NO5S/c12-8-9-2-3-10(16-9)17(13,14)11-4-1-6-15-7-5-11/h2-3,12H,1,4-8H2. The molecule has 1 aromatic heterocycles. The van der Waals surface area contributed by atoms with Crippen LogP contribution in [0.15, 0.2) is 21.6 Å². The molecule has 0 aromatic carbocycles. The minimum atomic E-state index is -3.60. The summed E-state index contributed by atoms with van der Waals surface area (Å²) < 4.78 is 36.0. The third-order valence-corrected chi connectivity index (χ3v) is 4.34. The molecule has 0 atom stereocenters. The van der Waals surface area contributed by atoms with Crippen LogP contribution in [0, 0.1) is 0 Å². The molecule has 7 heteroatoms. The topological polar surface area (TPSA) is 80.0 Å². The predicted molar refractivity (Wildman–Crippen MR) is 58.8 cm³/mol. The van der Waals surface area contributed by atoms with Crippen molar-refractivity contribution in [3.8, 4) is 0 Å². The van der Waals surface area contributed by atoms with Crippen LogP contribution in [-0.2, 0) is 21.4 Å². The summed E-state index contributed by atoms with van der Waals surface area (Å²) in [5.74, 6) is 0.245. The zero-order chi connectivity index (χ0) is 12.3. The van der Waals surface area contributed by atoms with Crippen molar-refractivity contribution in [1.29, 1.82) is 0 Å². The molecule has 1 aliphatic heterocycles. The summed E-state index contributed by atoms with van der Waals surface area (Å²) >= 11 is 0. The number of aliphatic hydroxyl groups excluding tert-OH is 1. The molecule has 2 rings (SSSR count). The fraction of sp³-hybridized carbons (Fsp3) is 0.600. The number of hydrogen-bond acceptors (Lipinski definition) is 5. The lowest BCUT2D eigenvalue weighted by atomic mass is 10.5. The Bertz CT molecular complexity index is 459. The largest absolute Gasteiger partial charge is 0.446 e. The minimum Gasteiger partial charge on any atom is -0.446 e. The van der Waals surface area contributed by atoms with Gasteiger partial charge < -0.3 is 14.3 Å². The zero-order valence-electron chi connectivity index (χ0n) is 9.33. The molecule has 6 nitrogen and oxygen atoms in total. The minimum absolute atomic E-state index is 0.122. The maximum Gasteiger partial charge on any atom is 0.276 e. The molecular formula is C10H15NO5S. The molecule has 1 N–H and O–H groups in total. The molecule has 17 heavy (non-hydrogen) atoms. The predicted octanol–water partition coefficient (Wildman–Crippen LogP) is 0.183. The molecule has 1 fully saturated rings. The molecule has 1 aromatic rings. The Labute approximate surface area is 99.8 Å². The van der Waals surface area contributed by atoms with Gasteiger partial charge in [0.15, 0.2) is 0 Å². The van der Waals surface area contributed by atoms with Crippen molar-refractivity contribution >= 4 is 10.0 Å². The second kappa shape index (κ2) is 5.18. The van der Waals surface area contributed by atoms with Gasteiger partial charge in [0.2, 0.25) is 5.09 Å². The maximum absolute atomic E-state index is 12.2. The Morgan fingerprint density at radius 3 is 2.82 bits per heavy atom. The van der Waals surface area contributed by atoms with Gasteiger partial charge in [-0.25, -0.2) is 8.42 Å². The van der Waals surface area contributed by atoms with E-state index >= 15 is 0 Å². The maximum atomic E-state index is 12.2. The van der Waals surface area contributed by atoms with Crippen molar-refractivity contribution in [2.45, 2.75) is 18.1 Å². The van der Waals surface area contributed by atoms with Crippen molar-refractivity contribution in [3.63, 3.8) is 0 Å². The third-order valence-electron chi connectivity index (χ3n) is 2.57. The number of nitrogens with zero attached hydrogens (tertiary/aromatic N) is 1. The van der Waals surface area contributed by atoms with Gasteiger partial charge in [0.05, 0.1) is 6.61 Å². The SMILES string of the molecule is O=S(=O)(c1ccc(CO)o1)N1CCCOCC1. The van der Waals surface area contributed by atoms with E-state index in [0.29, 0.717) is 32.7 Å². The summed E-state index contributed by atoms with van der Waals surface area (Å²) in [5, 5.41) is 8.73. The molecule has 1 saturated heterocycles. The summed E-state index contributed by atoms with van der Waals surface area (Å²) in [6.07, 6.45) is 0.673. The summed E-state index contributed by atoms with van der Waals surface area (Å²) in [6.45, 7) is 1.42. The Balaban J connectivity index is 2.22. The first-order valence-corrected chi connectivity index (χ1v) is 6.86. The summed E-state index contributed by atoms with van der Waals surface area (Å²) in [6, 6.07) is 2.83. The van der Waals surface area contributed by atoms with Gasteiger partial charge in [-0.05, 0) is 18.6 Å². The van der Waals surface area contributed by atoms with Crippen LogP contribution in [-0.4, -0.2) is 44.1 Å². The van der Waals surface area contributed by atoms with E-state index in [9.17, 15) is 8.42 Å². The summed E-state index contributed by atoms with van der Waals surface area (Å²) in [7, 11) is -3.60. The number of aliphatic hydroxyl groups is 1.